The Morgan fingerprint density at radius 2 is 2.07 bits per heavy atom. The van der Waals surface area contributed by atoms with Crippen LogP contribution in [0.5, 0.6) is 0 Å². The van der Waals surface area contributed by atoms with Gasteiger partial charge in [-0.2, -0.15) is 0 Å². The lowest BCUT2D eigenvalue weighted by molar-refractivity contribution is -0.146. The lowest BCUT2D eigenvalue weighted by Crippen LogP contribution is -2.50. The van der Waals surface area contributed by atoms with Crippen LogP contribution in [0.25, 0.3) is 0 Å². The number of oxazole rings is 1. The minimum atomic E-state index is -0.919. The molecule has 1 aromatic heterocycles. The fraction of sp³-hybridized carbons (Fsp3) is 0.450. The number of halogens is 2. The van der Waals surface area contributed by atoms with Crippen LogP contribution < -0.4 is 0 Å². The van der Waals surface area contributed by atoms with Gasteiger partial charge in [0.15, 0.2) is 23.7 Å². The molecule has 28 heavy (non-hydrogen) atoms. The summed E-state index contributed by atoms with van der Waals surface area (Å²) in [6, 6.07) is 3.69. The third-order valence-corrected chi connectivity index (χ3v) is 5.77. The Balaban J connectivity index is 1.49. The van der Waals surface area contributed by atoms with Gasteiger partial charge in [-0.15, -0.1) is 0 Å². The van der Waals surface area contributed by atoms with Crippen LogP contribution in [0.4, 0.5) is 8.78 Å². The third kappa shape index (κ3) is 3.16. The Morgan fingerprint density at radius 3 is 2.79 bits per heavy atom. The van der Waals surface area contributed by atoms with Gasteiger partial charge in [0.1, 0.15) is 5.76 Å². The van der Waals surface area contributed by atoms with Crippen LogP contribution in [0.3, 0.4) is 0 Å². The van der Waals surface area contributed by atoms with E-state index in [4.69, 9.17) is 4.42 Å². The molecule has 0 saturated carbocycles. The zero-order valence-electron chi connectivity index (χ0n) is 15.6. The Labute approximate surface area is 161 Å². The second kappa shape index (κ2) is 7.00. The molecule has 2 aliphatic heterocycles. The molecule has 2 fully saturated rings. The Morgan fingerprint density at radius 1 is 1.25 bits per heavy atom. The van der Waals surface area contributed by atoms with Crippen LogP contribution in [-0.2, 0) is 11.3 Å². The number of piperidine rings is 1. The van der Waals surface area contributed by atoms with Crippen molar-refractivity contribution >= 4 is 11.8 Å². The fourth-order valence-electron chi connectivity index (χ4n) is 4.25. The number of hydrogen-bond donors (Lipinski definition) is 0. The molecule has 1 spiro atoms. The van der Waals surface area contributed by atoms with Crippen molar-refractivity contribution in [3.05, 3.63) is 53.2 Å². The van der Waals surface area contributed by atoms with Gasteiger partial charge in [-0.05, 0) is 43.9 Å². The minimum absolute atomic E-state index is 0.0318. The molecular weight excluding hydrogens is 368 g/mol. The van der Waals surface area contributed by atoms with Crippen LogP contribution in [-0.4, -0.2) is 46.2 Å². The van der Waals surface area contributed by atoms with Crippen molar-refractivity contribution in [2.45, 2.75) is 32.7 Å². The highest BCUT2D eigenvalue weighted by atomic mass is 19.2. The smallest absolute Gasteiger partial charge is 0.276 e. The molecule has 2 amide bonds. The summed E-state index contributed by atoms with van der Waals surface area (Å²) in [5.41, 5.74) is 0.205. The first-order valence-corrected chi connectivity index (χ1v) is 9.32. The molecule has 148 valence electrons. The first kappa shape index (κ1) is 18.6. The van der Waals surface area contributed by atoms with E-state index in [0.29, 0.717) is 43.8 Å². The monoisotopic (exact) mass is 389 g/mol. The van der Waals surface area contributed by atoms with E-state index in [2.05, 4.69) is 4.98 Å². The van der Waals surface area contributed by atoms with Crippen LogP contribution in [0, 0.1) is 24.0 Å². The predicted octanol–water partition coefficient (Wildman–Crippen LogP) is 2.92. The molecule has 0 unspecified atom stereocenters. The quantitative estimate of drug-likeness (QED) is 0.810. The predicted molar refractivity (Wildman–Crippen MR) is 95.2 cm³/mol. The lowest BCUT2D eigenvalue weighted by atomic mass is 9.78. The number of aromatic nitrogens is 1. The number of rotatable bonds is 3. The Hall–Kier alpha value is -2.77. The maximum atomic E-state index is 13.5. The van der Waals surface area contributed by atoms with Gasteiger partial charge >= 0.3 is 0 Å². The summed E-state index contributed by atoms with van der Waals surface area (Å²) in [6.07, 6.45) is 3.34. The first-order valence-electron chi connectivity index (χ1n) is 9.32. The number of likely N-dealkylation sites (tertiary alicyclic amines) is 2. The SMILES string of the molecule is Cc1ocnc1C(=O)N1CC[C@]2(CCCN(Cc3ccc(F)c(F)c3)C2=O)C1. The van der Waals surface area contributed by atoms with Gasteiger partial charge in [0, 0.05) is 26.2 Å². The van der Waals surface area contributed by atoms with E-state index < -0.39 is 17.0 Å². The van der Waals surface area contributed by atoms with Crippen molar-refractivity contribution in [1.82, 2.24) is 14.8 Å². The van der Waals surface area contributed by atoms with Crippen LogP contribution >= 0.6 is 0 Å². The average molecular weight is 389 g/mol. The molecule has 6 nitrogen and oxygen atoms in total. The van der Waals surface area contributed by atoms with E-state index in [1.807, 2.05) is 0 Å². The molecule has 0 radical (unpaired) electrons. The summed E-state index contributed by atoms with van der Waals surface area (Å²) >= 11 is 0. The number of amides is 2. The highest BCUT2D eigenvalue weighted by Gasteiger charge is 2.49. The summed E-state index contributed by atoms with van der Waals surface area (Å²) in [5.74, 6) is -1.62. The summed E-state index contributed by atoms with van der Waals surface area (Å²) in [6.45, 7) is 3.30. The average Bonchev–Trinajstić information content (AvgIpc) is 3.29. The number of hydrogen-bond acceptors (Lipinski definition) is 4. The van der Waals surface area contributed by atoms with E-state index in [-0.39, 0.29) is 24.1 Å². The number of benzene rings is 1. The molecule has 0 bridgehead atoms. The van der Waals surface area contributed by atoms with Crippen molar-refractivity contribution in [3.8, 4) is 0 Å². The molecule has 1 atom stereocenters. The number of nitrogens with zero attached hydrogens (tertiary/aromatic N) is 3. The first-order chi connectivity index (χ1) is 13.4. The molecule has 2 saturated heterocycles. The van der Waals surface area contributed by atoms with Gasteiger partial charge < -0.3 is 14.2 Å². The molecule has 3 heterocycles. The van der Waals surface area contributed by atoms with Crippen LogP contribution in [0.2, 0.25) is 0 Å². The molecule has 1 aromatic carbocycles. The van der Waals surface area contributed by atoms with E-state index in [0.717, 1.165) is 18.6 Å². The van der Waals surface area contributed by atoms with Gasteiger partial charge in [0.2, 0.25) is 5.91 Å². The van der Waals surface area contributed by atoms with Crippen molar-refractivity contribution in [2.24, 2.45) is 5.41 Å². The van der Waals surface area contributed by atoms with Gasteiger partial charge in [-0.1, -0.05) is 6.07 Å². The normalized spacial score (nSPS) is 22.3. The maximum Gasteiger partial charge on any atom is 0.276 e. The summed E-state index contributed by atoms with van der Waals surface area (Å²) in [4.78, 5) is 33.2. The Bertz CT molecular complexity index is 929. The second-order valence-electron chi connectivity index (χ2n) is 7.59. The van der Waals surface area contributed by atoms with E-state index >= 15 is 0 Å². The zero-order valence-corrected chi connectivity index (χ0v) is 15.6. The molecule has 2 aliphatic rings. The molecule has 0 N–H and O–H groups in total. The summed E-state index contributed by atoms with van der Waals surface area (Å²) < 4.78 is 31.8. The second-order valence-corrected chi connectivity index (χ2v) is 7.59. The van der Waals surface area contributed by atoms with Gasteiger partial charge in [0.05, 0.1) is 5.41 Å². The lowest BCUT2D eigenvalue weighted by Gasteiger charge is -2.39. The minimum Gasteiger partial charge on any atom is -0.448 e. The fourth-order valence-corrected chi connectivity index (χ4v) is 4.25. The van der Waals surface area contributed by atoms with E-state index in [9.17, 15) is 18.4 Å². The van der Waals surface area contributed by atoms with E-state index in [1.165, 1.54) is 12.5 Å². The third-order valence-electron chi connectivity index (χ3n) is 5.77. The maximum absolute atomic E-state index is 13.5. The van der Waals surface area contributed by atoms with Crippen LogP contribution in [0.15, 0.2) is 29.0 Å². The number of aryl methyl sites for hydroxylation is 1. The molecule has 4 rings (SSSR count). The number of carbonyl (C=O) groups is 2. The van der Waals surface area contributed by atoms with Crippen molar-refractivity contribution < 1.29 is 22.8 Å². The van der Waals surface area contributed by atoms with Crippen LogP contribution in [0.1, 0.15) is 41.1 Å². The molecule has 0 aliphatic carbocycles. The van der Waals surface area contributed by atoms with Gasteiger partial charge in [-0.3, -0.25) is 9.59 Å². The van der Waals surface area contributed by atoms with Crippen molar-refractivity contribution in [2.75, 3.05) is 19.6 Å². The summed E-state index contributed by atoms with van der Waals surface area (Å²) in [7, 11) is 0. The zero-order chi connectivity index (χ0) is 19.9. The van der Waals surface area contributed by atoms with Crippen molar-refractivity contribution in [1.29, 1.82) is 0 Å². The van der Waals surface area contributed by atoms with E-state index in [1.54, 1.807) is 16.7 Å². The number of carbonyl (C=O) groups excluding carboxylic acids is 2. The van der Waals surface area contributed by atoms with Gasteiger partial charge in [-0.25, -0.2) is 13.8 Å². The highest BCUT2D eigenvalue weighted by Crippen LogP contribution is 2.41. The van der Waals surface area contributed by atoms with Gasteiger partial charge in [0.25, 0.3) is 5.91 Å². The van der Waals surface area contributed by atoms with Crippen molar-refractivity contribution in [3.63, 3.8) is 0 Å². The molecular formula is C20H21F2N3O3. The largest absolute Gasteiger partial charge is 0.448 e. The highest BCUT2D eigenvalue weighted by molar-refractivity contribution is 5.94. The molecule has 2 aromatic rings. The summed E-state index contributed by atoms with van der Waals surface area (Å²) in [5, 5.41) is 0. The molecule has 8 heteroatoms. The Kier molecular flexibility index (Phi) is 4.64. The standard InChI is InChI=1S/C20H21F2N3O3/c1-13-17(23-12-28-13)18(26)25-8-6-20(11-25)5-2-7-24(19(20)27)10-14-3-4-15(21)16(22)9-14/h3-4,9,12H,2,5-8,10-11H2,1H3/t20-/m1/s1. The topological polar surface area (TPSA) is 66.7 Å².